The number of amidine groups is 2. The van der Waals surface area contributed by atoms with E-state index in [-0.39, 0.29) is 25.1 Å². The highest BCUT2D eigenvalue weighted by Crippen LogP contribution is 2.34. The second kappa shape index (κ2) is 13.8. The van der Waals surface area contributed by atoms with E-state index in [2.05, 4.69) is 0 Å². The van der Waals surface area contributed by atoms with Gasteiger partial charge >= 0.3 is 5.97 Å². The van der Waals surface area contributed by atoms with E-state index in [9.17, 15) is 13.2 Å². The smallest absolute Gasteiger partial charge is 0.323 e. The highest BCUT2D eigenvalue weighted by Gasteiger charge is 2.28. The molecule has 2 aromatic rings. The Morgan fingerprint density at radius 2 is 1.88 bits per heavy atom. The number of nitrogens with zero attached hydrogens (tertiary/aromatic N) is 2. The van der Waals surface area contributed by atoms with Crippen molar-refractivity contribution in [3.63, 3.8) is 0 Å². The minimum absolute atomic E-state index is 0.0623. The third-order valence-electron chi connectivity index (χ3n) is 6.37. The van der Waals surface area contributed by atoms with Crippen molar-refractivity contribution in [2.45, 2.75) is 32.8 Å². The van der Waals surface area contributed by atoms with Crippen molar-refractivity contribution in [3.05, 3.63) is 59.7 Å². The second-order valence-electron chi connectivity index (χ2n) is 9.26. The SMILES string of the molecule is CCOC(=O)CS(=O)(=O)N(CC=Cc1cccc(C(=N)N)c1)c1ccc(OC2CCN(C(C)=N)CC2)c(OC)c1. The molecule has 0 bridgehead atoms. The van der Waals surface area contributed by atoms with E-state index in [0.29, 0.717) is 28.6 Å². The molecular weight excluding hydrogens is 534 g/mol. The zero-order valence-electron chi connectivity index (χ0n) is 23.1. The second-order valence-corrected chi connectivity index (χ2v) is 11.2. The van der Waals surface area contributed by atoms with Crippen LogP contribution in [0, 0.1) is 10.8 Å². The molecule has 0 saturated carbocycles. The lowest BCUT2D eigenvalue weighted by Crippen LogP contribution is -2.40. The van der Waals surface area contributed by atoms with Crippen LogP contribution >= 0.6 is 0 Å². The van der Waals surface area contributed by atoms with Gasteiger partial charge in [-0.25, -0.2) is 8.42 Å². The van der Waals surface area contributed by atoms with Crippen molar-refractivity contribution in [2.75, 3.05) is 43.4 Å². The Morgan fingerprint density at radius 3 is 2.50 bits per heavy atom. The van der Waals surface area contributed by atoms with Gasteiger partial charge in [-0.3, -0.25) is 19.9 Å². The van der Waals surface area contributed by atoms with E-state index >= 15 is 0 Å². The van der Waals surface area contributed by atoms with Gasteiger partial charge in [-0.1, -0.05) is 30.4 Å². The Bertz CT molecular complexity index is 1350. The standard InChI is InChI=1S/C28H37N5O6S/c1-4-38-27(34)19-40(35,36)33(14-6-8-21-7-5-9-22(17-21)28(30)31)23-10-11-25(26(18-23)37-3)39-24-12-15-32(16-13-24)20(2)29/h5-11,17-18,24,29H,4,12-16,19H2,1-3H3,(H3,30,31). The van der Waals surface area contributed by atoms with E-state index in [1.165, 1.54) is 7.11 Å². The number of benzene rings is 2. The highest BCUT2D eigenvalue weighted by molar-refractivity contribution is 7.93. The van der Waals surface area contributed by atoms with Crippen LogP contribution in [-0.4, -0.2) is 76.2 Å². The van der Waals surface area contributed by atoms with Crippen LogP contribution in [-0.2, 0) is 19.6 Å². The van der Waals surface area contributed by atoms with Gasteiger partial charge in [-0.05, 0) is 37.6 Å². The van der Waals surface area contributed by atoms with E-state index in [1.54, 1.807) is 62.4 Å². The van der Waals surface area contributed by atoms with Gasteiger partial charge in [0, 0.05) is 37.6 Å². The Morgan fingerprint density at radius 1 is 1.15 bits per heavy atom. The Kier molecular flexibility index (Phi) is 10.5. The van der Waals surface area contributed by atoms with Crippen LogP contribution in [0.3, 0.4) is 0 Å². The van der Waals surface area contributed by atoms with Gasteiger partial charge < -0.3 is 24.8 Å². The van der Waals surface area contributed by atoms with E-state index in [1.807, 2.05) is 11.0 Å². The fraction of sp³-hybridized carbons (Fsp3) is 0.393. The maximum absolute atomic E-state index is 13.3. The zero-order chi connectivity index (χ0) is 29.3. The number of sulfonamides is 1. The lowest BCUT2D eigenvalue weighted by Gasteiger charge is -2.33. The first-order valence-corrected chi connectivity index (χ1v) is 14.6. The number of ether oxygens (including phenoxy) is 3. The zero-order valence-corrected chi connectivity index (χ0v) is 23.9. The summed E-state index contributed by atoms with van der Waals surface area (Å²) in [7, 11) is -2.64. The summed E-state index contributed by atoms with van der Waals surface area (Å²) in [4.78, 5) is 14.1. The number of likely N-dealkylation sites (tertiary alicyclic amines) is 1. The van der Waals surface area contributed by atoms with Gasteiger partial charge in [0.05, 0.1) is 31.8 Å². The van der Waals surface area contributed by atoms with Crippen LogP contribution in [0.1, 0.15) is 37.8 Å². The molecule has 0 aromatic heterocycles. The third kappa shape index (κ3) is 8.22. The van der Waals surface area contributed by atoms with E-state index < -0.39 is 21.7 Å². The predicted molar refractivity (Wildman–Crippen MR) is 156 cm³/mol. The molecule has 1 heterocycles. The van der Waals surface area contributed by atoms with Crippen molar-refractivity contribution in [1.82, 2.24) is 4.90 Å². The number of piperidine rings is 1. The summed E-state index contributed by atoms with van der Waals surface area (Å²) >= 11 is 0. The lowest BCUT2D eigenvalue weighted by atomic mass is 10.1. The molecule has 0 unspecified atom stereocenters. The molecule has 2 aromatic carbocycles. The normalized spacial score (nSPS) is 14.1. The lowest BCUT2D eigenvalue weighted by molar-refractivity contribution is -0.139. The van der Waals surface area contributed by atoms with Gasteiger partial charge in [0.15, 0.2) is 17.3 Å². The molecule has 0 spiro atoms. The summed E-state index contributed by atoms with van der Waals surface area (Å²) in [6.07, 6.45) is 4.80. The van der Waals surface area contributed by atoms with Gasteiger partial charge in [-0.15, -0.1) is 0 Å². The van der Waals surface area contributed by atoms with Crippen LogP contribution in [0.2, 0.25) is 0 Å². The average Bonchev–Trinajstić information content (AvgIpc) is 2.91. The first-order valence-electron chi connectivity index (χ1n) is 13.0. The molecule has 40 heavy (non-hydrogen) atoms. The summed E-state index contributed by atoms with van der Waals surface area (Å²) < 4.78 is 44.4. The third-order valence-corrected chi connectivity index (χ3v) is 8.00. The largest absolute Gasteiger partial charge is 0.493 e. The maximum atomic E-state index is 13.3. The summed E-state index contributed by atoms with van der Waals surface area (Å²) in [6, 6.07) is 11.8. The first-order chi connectivity index (χ1) is 19.0. The molecule has 1 aliphatic rings. The minimum Gasteiger partial charge on any atom is -0.493 e. The molecule has 3 rings (SSSR count). The number of hydrogen-bond acceptors (Lipinski definition) is 8. The molecule has 11 nitrogen and oxygen atoms in total. The van der Waals surface area contributed by atoms with Crippen LogP contribution in [0.15, 0.2) is 48.5 Å². The van der Waals surface area contributed by atoms with Crippen LogP contribution in [0.25, 0.3) is 6.08 Å². The summed E-state index contributed by atoms with van der Waals surface area (Å²) in [5.74, 6) is -0.360. The number of anilines is 1. The van der Waals surface area contributed by atoms with E-state index in [0.717, 1.165) is 35.8 Å². The molecule has 0 amide bonds. The number of rotatable bonds is 12. The fourth-order valence-electron chi connectivity index (χ4n) is 4.30. The number of nitrogens with one attached hydrogen (secondary N) is 2. The van der Waals surface area contributed by atoms with Crippen molar-refractivity contribution in [2.24, 2.45) is 5.73 Å². The van der Waals surface area contributed by atoms with Gasteiger partial charge in [0.25, 0.3) is 0 Å². The topological polar surface area (TPSA) is 159 Å². The number of carbonyl (C=O) groups excluding carboxylic acids is 1. The Labute approximate surface area is 235 Å². The molecule has 0 radical (unpaired) electrons. The molecule has 1 fully saturated rings. The quantitative estimate of drug-likeness (QED) is 0.199. The molecule has 216 valence electrons. The Hall–Kier alpha value is -4.06. The van der Waals surface area contributed by atoms with Gasteiger partial charge in [-0.2, -0.15) is 0 Å². The van der Waals surface area contributed by atoms with Gasteiger partial charge in [0.1, 0.15) is 11.9 Å². The first kappa shape index (κ1) is 30.5. The fourth-order valence-corrected chi connectivity index (χ4v) is 5.59. The molecule has 4 N–H and O–H groups in total. The number of nitrogen functional groups attached to an aromatic ring is 1. The van der Waals surface area contributed by atoms with Gasteiger partial charge in [0.2, 0.25) is 10.0 Å². The molecule has 0 atom stereocenters. The summed E-state index contributed by atoms with van der Waals surface area (Å²) in [5.41, 5.74) is 7.16. The van der Waals surface area contributed by atoms with E-state index in [4.69, 9.17) is 30.8 Å². The number of hydrogen-bond donors (Lipinski definition) is 3. The average molecular weight is 572 g/mol. The molecular formula is C28H37N5O6S. The molecule has 12 heteroatoms. The predicted octanol–water partition coefficient (Wildman–Crippen LogP) is 3.23. The number of methoxy groups -OCH3 is 1. The highest BCUT2D eigenvalue weighted by atomic mass is 32.2. The summed E-state index contributed by atoms with van der Waals surface area (Å²) in [6.45, 7) is 4.82. The summed E-state index contributed by atoms with van der Waals surface area (Å²) in [5, 5.41) is 15.4. The minimum atomic E-state index is -4.12. The van der Waals surface area contributed by atoms with Crippen LogP contribution < -0.4 is 19.5 Å². The molecule has 1 saturated heterocycles. The Balaban J connectivity index is 1.86. The van der Waals surface area contributed by atoms with Crippen molar-refractivity contribution >= 4 is 39.4 Å². The monoisotopic (exact) mass is 571 g/mol. The number of nitrogens with two attached hydrogens (primary N) is 1. The van der Waals surface area contributed by atoms with Crippen LogP contribution in [0.5, 0.6) is 11.5 Å². The van der Waals surface area contributed by atoms with Crippen molar-refractivity contribution in [1.29, 1.82) is 10.8 Å². The maximum Gasteiger partial charge on any atom is 0.323 e. The van der Waals surface area contributed by atoms with Crippen LogP contribution in [0.4, 0.5) is 5.69 Å². The van der Waals surface area contributed by atoms with Crippen molar-refractivity contribution in [3.8, 4) is 11.5 Å². The molecule has 0 aliphatic carbocycles. The number of esters is 1. The van der Waals surface area contributed by atoms with Crippen molar-refractivity contribution < 1.29 is 27.4 Å². The number of carbonyl (C=O) groups is 1. The molecule has 1 aliphatic heterocycles.